The van der Waals surface area contributed by atoms with Crippen LogP contribution in [0.25, 0.3) is 0 Å². The van der Waals surface area contributed by atoms with E-state index < -0.39 is 0 Å². The SMILES string of the molecule is CCc1nn(CC)c(CC(N)C2CCCCC2)c1Cl. The molecule has 1 aromatic rings. The molecule has 1 fully saturated rings. The molecule has 2 N–H and O–H groups in total. The van der Waals surface area contributed by atoms with E-state index in [4.69, 9.17) is 17.3 Å². The number of halogens is 1. The van der Waals surface area contributed by atoms with Crippen molar-refractivity contribution in [2.75, 3.05) is 0 Å². The molecule has 3 nitrogen and oxygen atoms in total. The Morgan fingerprint density at radius 1 is 1.32 bits per heavy atom. The lowest BCUT2D eigenvalue weighted by molar-refractivity contribution is 0.300. The molecule has 0 aliphatic heterocycles. The first-order valence-corrected chi connectivity index (χ1v) is 8.04. The lowest BCUT2D eigenvalue weighted by Crippen LogP contribution is -2.34. The van der Waals surface area contributed by atoms with E-state index in [9.17, 15) is 0 Å². The van der Waals surface area contributed by atoms with Gasteiger partial charge in [0, 0.05) is 19.0 Å². The topological polar surface area (TPSA) is 43.8 Å². The van der Waals surface area contributed by atoms with Gasteiger partial charge in [-0.3, -0.25) is 4.68 Å². The van der Waals surface area contributed by atoms with Gasteiger partial charge in [-0.15, -0.1) is 0 Å². The zero-order valence-electron chi connectivity index (χ0n) is 12.2. The number of hydrogen-bond donors (Lipinski definition) is 1. The lowest BCUT2D eigenvalue weighted by Gasteiger charge is -2.27. The van der Waals surface area contributed by atoms with Crippen LogP contribution in [-0.2, 0) is 19.4 Å². The van der Waals surface area contributed by atoms with Gasteiger partial charge in [0.25, 0.3) is 0 Å². The van der Waals surface area contributed by atoms with Crippen LogP contribution >= 0.6 is 11.6 Å². The summed E-state index contributed by atoms with van der Waals surface area (Å²) in [5.74, 6) is 0.662. The smallest absolute Gasteiger partial charge is 0.0850 e. The molecule has 1 aliphatic carbocycles. The molecule has 0 spiro atoms. The molecule has 0 aromatic carbocycles. The molecule has 0 amide bonds. The number of rotatable bonds is 5. The van der Waals surface area contributed by atoms with E-state index in [0.29, 0.717) is 5.92 Å². The lowest BCUT2D eigenvalue weighted by atomic mass is 9.82. The highest BCUT2D eigenvalue weighted by molar-refractivity contribution is 6.31. The summed E-state index contributed by atoms with van der Waals surface area (Å²) < 4.78 is 2.03. The second-order valence-corrected chi connectivity index (χ2v) is 6.02. The van der Waals surface area contributed by atoms with Crippen LogP contribution in [0.5, 0.6) is 0 Å². The van der Waals surface area contributed by atoms with Crippen LogP contribution in [0.4, 0.5) is 0 Å². The first-order valence-electron chi connectivity index (χ1n) is 7.67. The van der Waals surface area contributed by atoms with Crippen molar-refractivity contribution in [2.45, 2.75) is 71.4 Å². The standard InChI is InChI=1S/C15H26ClN3/c1-3-13-15(16)14(19(4-2)18-13)10-12(17)11-8-6-5-7-9-11/h11-12H,3-10,17H2,1-2H3. The molecule has 19 heavy (non-hydrogen) atoms. The summed E-state index contributed by atoms with van der Waals surface area (Å²) in [6.07, 6.45) is 8.34. The van der Waals surface area contributed by atoms with Gasteiger partial charge in [0.05, 0.1) is 16.4 Å². The third-order valence-electron chi connectivity index (χ3n) is 4.38. The van der Waals surface area contributed by atoms with Crippen LogP contribution in [0.15, 0.2) is 0 Å². The third-order valence-corrected chi connectivity index (χ3v) is 4.81. The molecule has 108 valence electrons. The Morgan fingerprint density at radius 3 is 2.58 bits per heavy atom. The van der Waals surface area contributed by atoms with Crippen molar-refractivity contribution in [1.29, 1.82) is 0 Å². The van der Waals surface area contributed by atoms with Crippen LogP contribution in [0.2, 0.25) is 5.02 Å². The van der Waals surface area contributed by atoms with Crippen molar-refractivity contribution in [2.24, 2.45) is 11.7 Å². The highest BCUT2D eigenvalue weighted by atomic mass is 35.5. The fraction of sp³-hybridized carbons (Fsp3) is 0.800. The Morgan fingerprint density at radius 2 is 2.00 bits per heavy atom. The van der Waals surface area contributed by atoms with Gasteiger partial charge in [0.2, 0.25) is 0 Å². The Hall–Kier alpha value is -0.540. The summed E-state index contributed by atoms with van der Waals surface area (Å²) in [5, 5.41) is 5.42. The van der Waals surface area contributed by atoms with Gasteiger partial charge in [-0.2, -0.15) is 5.10 Å². The number of aromatic nitrogens is 2. The second-order valence-electron chi connectivity index (χ2n) is 5.64. The van der Waals surface area contributed by atoms with E-state index in [1.165, 1.54) is 32.1 Å². The molecule has 1 saturated carbocycles. The van der Waals surface area contributed by atoms with E-state index >= 15 is 0 Å². The zero-order chi connectivity index (χ0) is 13.8. The number of nitrogens with zero attached hydrogens (tertiary/aromatic N) is 2. The molecule has 1 atom stereocenters. The van der Waals surface area contributed by atoms with Crippen molar-refractivity contribution < 1.29 is 0 Å². The van der Waals surface area contributed by atoms with E-state index in [1.54, 1.807) is 0 Å². The summed E-state index contributed by atoms with van der Waals surface area (Å²) in [5.41, 5.74) is 8.57. The van der Waals surface area contributed by atoms with Crippen molar-refractivity contribution >= 4 is 11.6 Å². The number of aryl methyl sites for hydroxylation is 2. The summed E-state index contributed by atoms with van der Waals surface area (Å²) in [6, 6.07) is 0.226. The minimum Gasteiger partial charge on any atom is -0.327 e. The van der Waals surface area contributed by atoms with Crippen molar-refractivity contribution in [1.82, 2.24) is 9.78 Å². The molecular formula is C15H26ClN3. The van der Waals surface area contributed by atoms with Gasteiger partial charge < -0.3 is 5.73 Å². The zero-order valence-corrected chi connectivity index (χ0v) is 12.9. The van der Waals surface area contributed by atoms with Crippen molar-refractivity contribution in [3.8, 4) is 0 Å². The van der Waals surface area contributed by atoms with E-state index in [-0.39, 0.29) is 6.04 Å². The summed E-state index contributed by atoms with van der Waals surface area (Å²) >= 11 is 6.45. The number of nitrogens with two attached hydrogens (primary N) is 1. The van der Waals surface area contributed by atoms with E-state index in [1.807, 2.05) is 4.68 Å². The summed E-state index contributed by atoms with van der Waals surface area (Å²) in [6.45, 7) is 5.07. The van der Waals surface area contributed by atoms with Crippen molar-refractivity contribution in [3.05, 3.63) is 16.4 Å². The maximum absolute atomic E-state index is 6.45. The van der Waals surface area contributed by atoms with Gasteiger partial charge in [-0.05, 0) is 32.1 Å². The fourth-order valence-corrected chi connectivity index (χ4v) is 3.51. The first-order chi connectivity index (χ1) is 9.17. The van der Waals surface area contributed by atoms with Gasteiger partial charge in [0.15, 0.2) is 0 Å². The quantitative estimate of drug-likeness (QED) is 0.898. The molecule has 2 rings (SSSR count). The van der Waals surface area contributed by atoms with Crippen LogP contribution in [0.1, 0.15) is 57.3 Å². The summed E-state index contributed by atoms with van der Waals surface area (Å²) in [7, 11) is 0. The van der Waals surface area contributed by atoms with E-state index in [0.717, 1.165) is 35.8 Å². The Balaban J connectivity index is 2.10. The fourth-order valence-electron chi connectivity index (χ4n) is 3.16. The largest absolute Gasteiger partial charge is 0.327 e. The maximum Gasteiger partial charge on any atom is 0.0850 e. The molecule has 1 heterocycles. The van der Waals surface area contributed by atoms with Crippen LogP contribution in [0, 0.1) is 5.92 Å². The van der Waals surface area contributed by atoms with Crippen LogP contribution < -0.4 is 5.73 Å². The predicted molar refractivity (Wildman–Crippen MR) is 80.5 cm³/mol. The summed E-state index contributed by atoms with van der Waals surface area (Å²) in [4.78, 5) is 0. The van der Waals surface area contributed by atoms with Gasteiger partial charge in [-0.25, -0.2) is 0 Å². The van der Waals surface area contributed by atoms with Crippen LogP contribution in [0.3, 0.4) is 0 Å². The molecule has 1 unspecified atom stereocenters. The minimum atomic E-state index is 0.226. The monoisotopic (exact) mass is 283 g/mol. The third kappa shape index (κ3) is 3.32. The molecule has 0 radical (unpaired) electrons. The van der Waals surface area contributed by atoms with Gasteiger partial charge in [-0.1, -0.05) is 37.8 Å². The molecule has 4 heteroatoms. The normalized spacial score (nSPS) is 18.7. The number of hydrogen-bond acceptors (Lipinski definition) is 2. The Kier molecular flexibility index (Phi) is 5.28. The van der Waals surface area contributed by atoms with Gasteiger partial charge >= 0.3 is 0 Å². The predicted octanol–water partition coefficient (Wildman–Crippen LogP) is 3.57. The van der Waals surface area contributed by atoms with Crippen LogP contribution in [-0.4, -0.2) is 15.8 Å². The maximum atomic E-state index is 6.45. The first kappa shape index (κ1) is 14.9. The molecule has 0 saturated heterocycles. The molecule has 1 aliphatic rings. The highest BCUT2D eigenvalue weighted by Gasteiger charge is 2.24. The molecule has 0 bridgehead atoms. The molecular weight excluding hydrogens is 258 g/mol. The van der Waals surface area contributed by atoms with Crippen molar-refractivity contribution in [3.63, 3.8) is 0 Å². The minimum absolute atomic E-state index is 0.226. The van der Waals surface area contributed by atoms with Gasteiger partial charge in [0.1, 0.15) is 0 Å². The second kappa shape index (κ2) is 6.76. The Labute approximate surface area is 121 Å². The highest BCUT2D eigenvalue weighted by Crippen LogP contribution is 2.29. The average molecular weight is 284 g/mol. The Bertz CT molecular complexity index is 408. The van der Waals surface area contributed by atoms with E-state index in [2.05, 4.69) is 18.9 Å². The average Bonchev–Trinajstić information content (AvgIpc) is 2.76. The molecule has 1 aromatic heterocycles.